The average molecular weight is 332 g/mol. The van der Waals surface area contributed by atoms with Gasteiger partial charge in [0.25, 0.3) is 0 Å². The molecule has 0 spiro atoms. The molecule has 0 unspecified atom stereocenters. The summed E-state index contributed by atoms with van der Waals surface area (Å²) in [5.41, 5.74) is 1.29. The number of ether oxygens (including phenoxy) is 1. The van der Waals surface area contributed by atoms with Gasteiger partial charge in [-0.2, -0.15) is 0 Å². The van der Waals surface area contributed by atoms with E-state index in [9.17, 15) is 0 Å². The van der Waals surface area contributed by atoms with Crippen molar-refractivity contribution in [1.82, 2.24) is 15.5 Å². The molecule has 5 heteroatoms. The monoisotopic (exact) mass is 332 g/mol. The molecule has 134 valence electrons. The van der Waals surface area contributed by atoms with Gasteiger partial charge in [-0.05, 0) is 44.0 Å². The van der Waals surface area contributed by atoms with E-state index < -0.39 is 0 Å². The van der Waals surface area contributed by atoms with Gasteiger partial charge in [0.1, 0.15) is 5.75 Å². The van der Waals surface area contributed by atoms with Gasteiger partial charge in [-0.1, -0.05) is 25.0 Å². The molecule has 5 nitrogen and oxygen atoms in total. The van der Waals surface area contributed by atoms with Crippen LogP contribution in [0.4, 0.5) is 0 Å². The molecule has 0 aromatic heterocycles. The topological polar surface area (TPSA) is 48.9 Å². The number of rotatable bonds is 8. The average Bonchev–Trinajstić information content (AvgIpc) is 3.15. The van der Waals surface area contributed by atoms with Gasteiger partial charge >= 0.3 is 0 Å². The second-order valence-electron chi connectivity index (χ2n) is 6.44. The molecule has 0 atom stereocenters. The second kappa shape index (κ2) is 10.2. The van der Waals surface area contributed by atoms with E-state index in [0.717, 1.165) is 43.8 Å². The minimum Gasteiger partial charge on any atom is -0.497 e. The lowest BCUT2D eigenvalue weighted by molar-refractivity contribution is 0.249. The predicted octanol–water partition coefficient (Wildman–Crippen LogP) is 2.28. The highest BCUT2D eigenvalue weighted by atomic mass is 16.5. The second-order valence-corrected chi connectivity index (χ2v) is 6.44. The first-order valence-electron chi connectivity index (χ1n) is 9.00. The lowest BCUT2D eigenvalue weighted by Gasteiger charge is -2.24. The van der Waals surface area contributed by atoms with E-state index in [0.29, 0.717) is 0 Å². The molecule has 0 heterocycles. The van der Waals surface area contributed by atoms with Crippen LogP contribution in [0.3, 0.4) is 0 Å². The predicted molar refractivity (Wildman–Crippen MR) is 101 cm³/mol. The number of likely N-dealkylation sites (N-methyl/N-ethyl adjacent to an activating group) is 1. The van der Waals surface area contributed by atoms with Crippen LogP contribution in [0, 0.1) is 0 Å². The third kappa shape index (κ3) is 6.04. The number of aliphatic imine (C=N–C) groups is 1. The Morgan fingerprint density at radius 1 is 1.17 bits per heavy atom. The summed E-state index contributed by atoms with van der Waals surface area (Å²) in [5, 5.41) is 6.78. The van der Waals surface area contributed by atoms with Crippen LogP contribution in [-0.2, 0) is 6.42 Å². The van der Waals surface area contributed by atoms with Crippen LogP contribution in [0.1, 0.15) is 31.2 Å². The highest BCUT2D eigenvalue weighted by molar-refractivity contribution is 5.79. The zero-order valence-electron chi connectivity index (χ0n) is 15.3. The molecule has 2 N–H and O–H groups in total. The molecule has 0 amide bonds. The molecule has 1 aliphatic carbocycles. The molecule has 0 bridgehead atoms. The van der Waals surface area contributed by atoms with Crippen LogP contribution in [0.5, 0.6) is 5.75 Å². The van der Waals surface area contributed by atoms with Crippen molar-refractivity contribution in [3.05, 3.63) is 29.8 Å². The lowest BCUT2D eigenvalue weighted by atomic mass is 10.1. The fourth-order valence-corrected chi connectivity index (χ4v) is 3.22. The molecular formula is C19H32N4O. The van der Waals surface area contributed by atoms with Crippen molar-refractivity contribution >= 4 is 5.96 Å². The third-order valence-corrected chi connectivity index (χ3v) is 4.79. The molecule has 2 rings (SSSR count). The van der Waals surface area contributed by atoms with E-state index in [1.165, 1.54) is 31.2 Å². The van der Waals surface area contributed by atoms with Gasteiger partial charge in [-0.15, -0.1) is 0 Å². The van der Waals surface area contributed by atoms with Gasteiger partial charge in [-0.3, -0.25) is 4.99 Å². The van der Waals surface area contributed by atoms with Gasteiger partial charge in [0.15, 0.2) is 5.96 Å². The number of benzene rings is 1. The van der Waals surface area contributed by atoms with E-state index in [1.54, 1.807) is 7.11 Å². The number of nitrogens with one attached hydrogen (secondary N) is 2. The Morgan fingerprint density at radius 3 is 2.46 bits per heavy atom. The van der Waals surface area contributed by atoms with Gasteiger partial charge < -0.3 is 20.3 Å². The van der Waals surface area contributed by atoms with Crippen molar-refractivity contribution in [2.75, 3.05) is 40.8 Å². The molecule has 1 aromatic carbocycles. The zero-order valence-corrected chi connectivity index (χ0v) is 15.3. The summed E-state index contributed by atoms with van der Waals surface area (Å²) in [6, 6.07) is 8.99. The molecular weight excluding hydrogens is 300 g/mol. The highest BCUT2D eigenvalue weighted by Crippen LogP contribution is 2.21. The summed E-state index contributed by atoms with van der Waals surface area (Å²) in [6.45, 7) is 2.85. The summed E-state index contributed by atoms with van der Waals surface area (Å²) >= 11 is 0. The summed E-state index contributed by atoms with van der Waals surface area (Å²) in [6.07, 6.45) is 6.44. The van der Waals surface area contributed by atoms with Crippen molar-refractivity contribution in [3.8, 4) is 5.75 Å². The quantitative estimate of drug-likeness (QED) is 0.566. The van der Waals surface area contributed by atoms with Crippen LogP contribution in [0.2, 0.25) is 0 Å². The maximum atomic E-state index is 5.18. The molecule has 1 fully saturated rings. The fraction of sp³-hybridized carbons (Fsp3) is 0.632. The highest BCUT2D eigenvalue weighted by Gasteiger charge is 2.18. The first kappa shape index (κ1) is 18.6. The maximum absolute atomic E-state index is 5.18. The largest absolute Gasteiger partial charge is 0.497 e. The van der Waals surface area contributed by atoms with Gasteiger partial charge in [0, 0.05) is 32.7 Å². The van der Waals surface area contributed by atoms with E-state index in [-0.39, 0.29) is 0 Å². The Balaban J connectivity index is 1.62. The summed E-state index contributed by atoms with van der Waals surface area (Å²) in [4.78, 5) is 6.77. The summed E-state index contributed by atoms with van der Waals surface area (Å²) in [7, 11) is 5.75. The third-order valence-electron chi connectivity index (χ3n) is 4.79. The van der Waals surface area contributed by atoms with Crippen LogP contribution in [-0.4, -0.2) is 57.7 Å². The van der Waals surface area contributed by atoms with Crippen molar-refractivity contribution in [2.45, 2.75) is 38.1 Å². The summed E-state index contributed by atoms with van der Waals surface area (Å²) in [5.74, 6) is 1.78. The molecule has 0 radical (unpaired) electrons. The van der Waals surface area contributed by atoms with Crippen LogP contribution >= 0.6 is 0 Å². The van der Waals surface area contributed by atoms with E-state index in [2.05, 4.69) is 39.7 Å². The van der Waals surface area contributed by atoms with Crippen LogP contribution < -0.4 is 15.4 Å². The number of methoxy groups -OCH3 is 1. The van der Waals surface area contributed by atoms with E-state index in [1.807, 2.05) is 19.2 Å². The smallest absolute Gasteiger partial charge is 0.191 e. The number of guanidine groups is 1. The minimum atomic E-state index is 0.775. The van der Waals surface area contributed by atoms with Gasteiger partial charge in [0.2, 0.25) is 0 Å². The van der Waals surface area contributed by atoms with E-state index in [4.69, 9.17) is 4.74 Å². The maximum Gasteiger partial charge on any atom is 0.191 e. The normalized spacial score (nSPS) is 15.8. The summed E-state index contributed by atoms with van der Waals surface area (Å²) < 4.78 is 5.18. The van der Waals surface area contributed by atoms with Crippen molar-refractivity contribution < 1.29 is 4.74 Å². The van der Waals surface area contributed by atoms with Crippen molar-refractivity contribution in [1.29, 1.82) is 0 Å². The Kier molecular flexibility index (Phi) is 7.89. The van der Waals surface area contributed by atoms with Crippen LogP contribution in [0.25, 0.3) is 0 Å². The van der Waals surface area contributed by atoms with Gasteiger partial charge in [-0.25, -0.2) is 0 Å². The van der Waals surface area contributed by atoms with Crippen molar-refractivity contribution in [3.63, 3.8) is 0 Å². The SMILES string of the molecule is CN=C(NCCc1ccc(OC)cc1)NCCN(C)C1CCCC1. The zero-order chi connectivity index (χ0) is 17.2. The molecule has 1 saturated carbocycles. The Labute approximate surface area is 146 Å². The minimum absolute atomic E-state index is 0.775. The first-order valence-corrected chi connectivity index (χ1v) is 9.00. The fourth-order valence-electron chi connectivity index (χ4n) is 3.22. The Bertz CT molecular complexity index is 495. The molecule has 1 aromatic rings. The number of nitrogens with zero attached hydrogens (tertiary/aromatic N) is 2. The lowest BCUT2D eigenvalue weighted by Crippen LogP contribution is -2.43. The Morgan fingerprint density at radius 2 is 1.83 bits per heavy atom. The standard InChI is InChI=1S/C19H32N4O/c1-20-19(22-14-15-23(2)17-6-4-5-7-17)21-13-12-16-8-10-18(24-3)11-9-16/h8-11,17H,4-7,12-15H2,1-3H3,(H2,20,21,22). The Hall–Kier alpha value is -1.75. The first-order chi connectivity index (χ1) is 11.7. The van der Waals surface area contributed by atoms with Crippen molar-refractivity contribution in [2.24, 2.45) is 4.99 Å². The molecule has 0 saturated heterocycles. The molecule has 24 heavy (non-hydrogen) atoms. The molecule has 1 aliphatic rings. The number of hydrogen-bond acceptors (Lipinski definition) is 3. The van der Waals surface area contributed by atoms with E-state index >= 15 is 0 Å². The van der Waals surface area contributed by atoms with Crippen LogP contribution in [0.15, 0.2) is 29.3 Å². The number of hydrogen-bond donors (Lipinski definition) is 2. The molecule has 0 aliphatic heterocycles. The van der Waals surface area contributed by atoms with Gasteiger partial charge in [0.05, 0.1) is 7.11 Å².